The molecule has 1 aliphatic rings. The fourth-order valence-corrected chi connectivity index (χ4v) is 2.51. The number of nitrogens with zero attached hydrogens (tertiary/aromatic N) is 2. The number of halogens is 1. The van der Waals surface area contributed by atoms with E-state index in [0.29, 0.717) is 22.8 Å². The summed E-state index contributed by atoms with van der Waals surface area (Å²) in [5, 5.41) is 3.96. The van der Waals surface area contributed by atoms with E-state index in [-0.39, 0.29) is 24.8 Å². The molecule has 1 aromatic carbocycles. The molecule has 3 rings (SSSR count). The molecular formula is C14H12ClN3O2. The van der Waals surface area contributed by atoms with Gasteiger partial charge in [-0.15, -0.1) is 0 Å². The normalized spacial score (nSPS) is 16.1. The number of pyridine rings is 1. The van der Waals surface area contributed by atoms with Gasteiger partial charge in [-0.1, -0.05) is 11.6 Å². The summed E-state index contributed by atoms with van der Waals surface area (Å²) >= 11 is 6.15. The molecule has 0 saturated carbocycles. The molecule has 102 valence electrons. The lowest BCUT2D eigenvalue weighted by Crippen LogP contribution is -2.35. The van der Waals surface area contributed by atoms with Gasteiger partial charge in [-0.2, -0.15) is 0 Å². The van der Waals surface area contributed by atoms with E-state index < -0.39 is 0 Å². The zero-order valence-electron chi connectivity index (χ0n) is 10.6. The Balaban J connectivity index is 2.12. The predicted molar refractivity (Wildman–Crippen MR) is 76.7 cm³/mol. The van der Waals surface area contributed by atoms with Crippen molar-refractivity contribution in [2.45, 2.75) is 6.42 Å². The lowest BCUT2D eigenvalue weighted by molar-refractivity contribution is -0.123. The van der Waals surface area contributed by atoms with E-state index >= 15 is 0 Å². The summed E-state index contributed by atoms with van der Waals surface area (Å²) in [6, 6.07) is 7.17. The van der Waals surface area contributed by atoms with Crippen molar-refractivity contribution in [1.82, 2.24) is 10.3 Å². The first-order valence-electron chi connectivity index (χ1n) is 6.27. The molecule has 0 aliphatic carbocycles. The topological polar surface area (TPSA) is 62.3 Å². The van der Waals surface area contributed by atoms with Crippen LogP contribution in [0.25, 0.3) is 10.9 Å². The second-order valence-corrected chi connectivity index (χ2v) is 4.95. The van der Waals surface area contributed by atoms with Gasteiger partial charge in [0.2, 0.25) is 11.8 Å². The first-order valence-corrected chi connectivity index (χ1v) is 6.65. The van der Waals surface area contributed by atoms with Gasteiger partial charge in [-0.3, -0.25) is 14.6 Å². The number of hydrogen-bond donors (Lipinski definition) is 1. The van der Waals surface area contributed by atoms with Gasteiger partial charge in [0, 0.05) is 24.5 Å². The van der Waals surface area contributed by atoms with Gasteiger partial charge < -0.3 is 10.2 Å². The average molecular weight is 290 g/mol. The maximum atomic E-state index is 12.1. The summed E-state index contributed by atoms with van der Waals surface area (Å²) < 4.78 is 0. The van der Waals surface area contributed by atoms with Crippen molar-refractivity contribution < 1.29 is 9.59 Å². The van der Waals surface area contributed by atoms with Crippen molar-refractivity contribution in [3.05, 3.63) is 35.5 Å². The fraction of sp³-hybridized carbons (Fsp3) is 0.214. The van der Waals surface area contributed by atoms with Gasteiger partial charge in [0.25, 0.3) is 0 Å². The van der Waals surface area contributed by atoms with Crippen LogP contribution in [0.15, 0.2) is 30.5 Å². The van der Waals surface area contributed by atoms with E-state index in [1.165, 1.54) is 0 Å². The molecule has 1 N–H and O–H groups in total. The van der Waals surface area contributed by atoms with Crippen molar-refractivity contribution in [1.29, 1.82) is 0 Å². The number of anilines is 1. The second-order valence-electron chi connectivity index (χ2n) is 4.54. The van der Waals surface area contributed by atoms with Crippen LogP contribution >= 0.6 is 11.6 Å². The summed E-state index contributed by atoms with van der Waals surface area (Å²) in [7, 11) is 0. The molecule has 1 fully saturated rings. The molecule has 1 aliphatic heterocycles. The van der Waals surface area contributed by atoms with Crippen molar-refractivity contribution in [3.8, 4) is 0 Å². The van der Waals surface area contributed by atoms with Gasteiger partial charge in [-0.05, 0) is 24.3 Å². The Bertz CT molecular complexity index is 702. The Morgan fingerprint density at radius 2 is 2.10 bits per heavy atom. The van der Waals surface area contributed by atoms with Crippen LogP contribution in [0, 0.1) is 0 Å². The number of benzene rings is 1. The van der Waals surface area contributed by atoms with Gasteiger partial charge in [0.1, 0.15) is 0 Å². The molecule has 0 bridgehead atoms. The monoisotopic (exact) mass is 289 g/mol. The third-order valence-electron chi connectivity index (χ3n) is 3.29. The fourth-order valence-electron chi connectivity index (χ4n) is 2.29. The quantitative estimate of drug-likeness (QED) is 0.870. The molecule has 0 atom stereocenters. The van der Waals surface area contributed by atoms with Crippen molar-refractivity contribution in [2.24, 2.45) is 0 Å². The molecule has 20 heavy (non-hydrogen) atoms. The van der Waals surface area contributed by atoms with Crippen molar-refractivity contribution in [3.63, 3.8) is 0 Å². The van der Waals surface area contributed by atoms with Crippen LogP contribution in [0.4, 0.5) is 5.69 Å². The number of fused-ring (bicyclic) bond motifs is 1. The number of amides is 2. The minimum absolute atomic E-state index is 0.00971. The van der Waals surface area contributed by atoms with Crippen LogP contribution in [0.5, 0.6) is 0 Å². The molecule has 0 spiro atoms. The molecule has 2 aromatic rings. The molecule has 5 nitrogen and oxygen atoms in total. The summed E-state index contributed by atoms with van der Waals surface area (Å²) in [5.41, 5.74) is 1.36. The molecule has 0 radical (unpaired) electrons. The number of nitrogens with one attached hydrogen (secondary N) is 1. The van der Waals surface area contributed by atoms with E-state index in [0.717, 1.165) is 5.39 Å². The Morgan fingerprint density at radius 3 is 2.95 bits per heavy atom. The molecule has 1 saturated heterocycles. The Hall–Kier alpha value is -2.14. The van der Waals surface area contributed by atoms with Gasteiger partial charge in [0.15, 0.2) is 0 Å². The first-order chi connectivity index (χ1) is 9.66. The van der Waals surface area contributed by atoms with Crippen molar-refractivity contribution >= 4 is 40.0 Å². The minimum atomic E-state index is -0.148. The van der Waals surface area contributed by atoms with Crippen LogP contribution < -0.4 is 10.2 Å². The minimum Gasteiger partial charge on any atom is -0.347 e. The highest BCUT2D eigenvalue weighted by Gasteiger charge is 2.23. The summed E-state index contributed by atoms with van der Waals surface area (Å²) in [6.45, 7) is 0.355. The molecule has 1 aromatic heterocycles. The maximum absolute atomic E-state index is 12.1. The van der Waals surface area contributed by atoms with E-state index in [4.69, 9.17) is 11.6 Å². The number of carbonyl (C=O) groups excluding carboxylic acids is 2. The molecule has 2 amide bonds. The smallest absolute Gasteiger partial charge is 0.246 e. The first kappa shape index (κ1) is 12.9. The number of aromatic nitrogens is 1. The second kappa shape index (κ2) is 5.09. The van der Waals surface area contributed by atoms with Crippen LogP contribution in [-0.4, -0.2) is 29.9 Å². The van der Waals surface area contributed by atoms with E-state index in [1.54, 1.807) is 29.3 Å². The van der Waals surface area contributed by atoms with Crippen LogP contribution in [0.1, 0.15) is 6.42 Å². The lowest BCUT2D eigenvalue weighted by atomic mass is 10.1. The Morgan fingerprint density at radius 1 is 1.25 bits per heavy atom. The SMILES string of the molecule is O=C1CCN(c2ccc(Cl)c3cccnc23)C(=O)CN1. The largest absolute Gasteiger partial charge is 0.347 e. The van der Waals surface area contributed by atoms with Gasteiger partial charge >= 0.3 is 0 Å². The van der Waals surface area contributed by atoms with Crippen LogP contribution in [-0.2, 0) is 9.59 Å². The molecule has 0 unspecified atom stereocenters. The van der Waals surface area contributed by atoms with E-state index in [9.17, 15) is 9.59 Å². The highest BCUT2D eigenvalue weighted by Crippen LogP contribution is 2.30. The predicted octanol–water partition coefficient (Wildman–Crippen LogP) is 1.74. The van der Waals surface area contributed by atoms with Crippen LogP contribution in [0.2, 0.25) is 5.02 Å². The van der Waals surface area contributed by atoms with Gasteiger partial charge in [-0.25, -0.2) is 0 Å². The number of hydrogen-bond acceptors (Lipinski definition) is 3. The molecule has 2 heterocycles. The third kappa shape index (κ3) is 2.20. The molecule has 6 heteroatoms. The standard InChI is InChI=1S/C14H12ClN3O2/c15-10-3-4-11(14-9(10)2-1-6-16-14)18-7-5-12(19)17-8-13(18)20/h1-4,6H,5,7-8H2,(H,17,19). The third-order valence-corrected chi connectivity index (χ3v) is 3.62. The Kier molecular flexibility index (Phi) is 3.28. The van der Waals surface area contributed by atoms with Crippen LogP contribution in [0.3, 0.4) is 0 Å². The van der Waals surface area contributed by atoms with Crippen molar-refractivity contribution in [2.75, 3.05) is 18.0 Å². The lowest BCUT2D eigenvalue weighted by Gasteiger charge is -2.21. The summed E-state index contributed by atoms with van der Waals surface area (Å²) in [6.07, 6.45) is 1.94. The highest BCUT2D eigenvalue weighted by molar-refractivity contribution is 6.36. The number of rotatable bonds is 1. The van der Waals surface area contributed by atoms with E-state index in [1.807, 2.05) is 6.07 Å². The summed E-state index contributed by atoms with van der Waals surface area (Å²) in [5.74, 6) is -0.266. The zero-order valence-corrected chi connectivity index (χ0v) is 11.4. The highest BCUT2D eigenvalue weighted by atomic mass is 35.5. The van der Waals surface area contributed by atoms with E-state index in [2.05, 4.69) is 10.3 Å². The zero-order chi connectivity index (χ0) is 14.1. The average Bonchev–Trinajstić information content (AvgIpc) is 2.63. The van der Waals surface area contributed by atoms with Gasteiger partial charge in [0.05, 0.1) is 22.8 Å². The number of carbonyl (C=O) groups is 2. The Labute approximate surface area is 120 Å². The maximum Gasteiger partial charge on any atom is 0.246 e. The summed E-state index contributed by atoms with van der Waals surface area (Å²) in [4.78, 5) is 29.4. The molecular weight excluding hydrogens is 278 g/mol.